The van der Waals surface area contributed by atoms with Crippen molar-refractivity contribution in [1.29, 1.82) is 0 Å². The van der Waals surface area contributed by atoms with Gasteiger partial charge < -0.3 is 4.52 Å². The molecule has 0 radical (unpaired) electrons. The summed E-state index contributed by atoms with van der Waals surface area (Å²) < 4.78 is 31.9. The smallest absolute Gasteiger partial charge is 0.265 e. The Morgan fingerprint density at radius 1 is 1.29 bits per heavy atom. The van der Waals surface area contributed by atoms with E-state index in [0.717, 1.165) is 11.9 Å². The van der Waals surface area contributed by atoms with Gasteiger partial charge in [-0.1, -0.05) is 25.9 Å². The molecule has 0 bridgehead atoms. The van der Waals surface area contributed by atoms with E-state index in [1.165, 1.54) is 0 Å². The second-order valence-corrected chi connectivity index (χ2v) is 6.23. The Morgan fingerprint density at radius 2 is 1.88 bits per heavy atom. The maximum atomic E-state index is 11.0. The van der Waals surface area contributed by atoms with Crippen molar-refractivity contribution in [3.05, 3.63) is 17.5 Å². The van der Waals surface area contributed by atoms with Gasteiger partial charge in [0.25, 0.3) is 10.1 Å². The lowest BCUT2D eigenvalue weighted by Crippen LogP contribution is -2.06. The predicted octanol–water partition coefficient (Wildman–Crippen LogP) is 2.47. The van der Waals surface area contributed by atoms with Gasteiger partial charge >= 0.3 is 0 Å². The van der Waals surface area contributed by atoms with Crippen molar-refractivity contribution in [2.45, 2.75) is 39.7 Å². The summed E-state index contributed by atoms with van der Waals surface area (Å²) in [5.41, 5.74) is 0.818. The van der Waals surface area contributed by atoms with Crippen LogP contribution in [0.4, 0.5) is 0 Å². The third-order valence-corrected chi connectivity index (χ3v) is 3.37. The van der Waals surface area contributed by atoms with E-state index < -0.39 is 16.2 Å². The zero-order valence-corrected chi connectivity index (χ0v) is 11.6. The van der Waals surface area contributed by atoms with Crippen LogP contribution in [0.15, 0.2) is 10.6 Å². The van der Waals surface area contributed by atoms with Crippen LogP contribution in [0, 0.1) is 5.92 Å². The molecule has 1 rings (SSSR count). The molecule has 1 unspecified atom stereocenters. The van der Waals surface area contributed by atoms with Gasteiger partial charge in [-0.15, -0.1) is 0 Å². The van der Waals surface area contributed by atoms with Crippen molar-refractivity contribution in [3.8, 4) is 0 Å². The van der Waals surface area contributed by atoms with Gasteiger partial charge in [-0.25, -0.2) is 0 Å². The highest BCUT2D eigenvalue weighted by Crippen LogP contribution is 2.26. The molecule has 0 N–H and O–H groups in total. The number of hydrogen-bond donors (Lipinski definition) is 0. The van der Waals surface area contributed by atoms with E-state index in [2.05, 4.69) is 19.0 Å². The number of rotatable bonds is 5. The Bertz CT molecular complexity index is 464. The highest BCUT2D eigenvalue weighted by atomic mass is 32.2. The van der Waals surface area contributed by atoms with Crippen molar-refractivity contribution in [3.63, 3.8) is 0 Å². The molecule has 1 aromatic rings. The van der Waals surface area contributed by atoms with Crippen molar-refractivity contribution >= 4 is 10.1 Å². The summed E-state index contributed by atoms with van der Waals surface area (Å²) in [7, 11) is -3.49. The van der Waals surface area contributed by atoms with Crippen LogP contribution in [0.25, 0.3) is 0 Å². The minimum absolute atomic E-state index is 0.262. The summed E-state index contributed by atoms with van der Waals surface area (Å²) >= 11 is 0. The van der Waals surface area contributed by atoms with Crippen LogP contribution < -0.4 is 0 Å². The second-order valence-electron chi connectivity index (χ2n) is 4.63. The predicted molar refractivity (Wildman–Crippen MR) is 64.1 cm³/mol. The minimum Gasteiger partial charge on any atom is -0.358 e. The average Bonchev–Trinajstić information content (AvgIpc) is 2.62. The molecule has 0 saturated carbocycles. The molecule has 0 fully saturated rings. The first-order valence-electron chi connectivity index (χ1n) is 5.55. The van der Waals surface area contributed by atoms with E-state index in [1.807, 2.05) is 6.92 Å². The maximum Gasteiger partial charge on any atom is 0.265 e. The van der Waals surface area contributed by atoms with Crippen LogP contribution in [-0.2, 0) is 14.3 Å². The molecule has 0 aliphatic carbocycles. The molecule has 5 nitrogen and oxygen atoms in total. The van der Waals surface area contributed by atoms with Crippen molar-refractivity contribution in [2.75, 3.05) is 6.26 Å². The Hall–Kier alpha value is -0.880. The average molecular weight is 261 g/mol. The quantitative estimate of drug-likeness (QED) is 0.761. The molecule has 0 spiro atoms. The van der Waals surface area contributed by atoms with Gasteiger partial charge in [0.15, 0.2) is 5.76 Å². The lowest BCUT2D eigenvalue weighted by atomic mass is 9.94. The van der Waals surface area contributed by atoms with Crippen molar-refractivity contribution < 1.29 is 17.1 Å². The van der Waals surface area contributed by atoms with Gasteiger partial charge in [0, 0.05) is 12.0 Å². The Kier molecular flexibility index (Phi) is 4.32. The first-order valence-corrected chi connectivity index (χ1v) is 7.37. The van der Waals surface area contributed by atoms with E-state index in [4.69, 9.17) is 8.71 Å². The van der Waals surface area contributed by atoms with E-state index in [1.54, 1.807) is 13.0 Å². The van der Waals surface area contributed by atoms with Crippen LogP contribution in [0.1, 0.15) is 51.2 Å². The molecule has 0 aliphatic heterocycles. The highest BCUT2D eigenvalue weighted by Gasteiger charge is 2.20. The number of nitrogens with zero attached hydrogens (tertiary/aromatic N) is 1. The van der Waals surface area contributed by atoms with Gasteiger partial charge in [-0.2, -0.15) is 8.42 Å². The summed E-state index contributed by atoms with van der Waals surface area (Å²) in [5.74, 6) is 1.13. The van der Waals surface area contributed by atoms with Gasteiger partial charge in [0.1, 0.15) is 6.10 Å². The molecule has 1 aromatic heterocycles. The molecular formula is C11H19NO4S. The fraction of sp³-hybridized carbons (Fsp3) is 0.727. The van der Waals surface area contributed by atoms with Crippen molar-refractivity contribution in [2.24, 2.45) is 5.92 Å². The fourth-order valence-corrected chi connectivity index (χ4v) is 1.98. The molecule has 2 atom stereocenters. The van der Waals surface area contributed by atoms with Crippen LogP contribution in [0.5, 0.6) is 0 Å². The Labute approximate surface area is 102 Å². The van der Waals surface area contributed by atoms with Gasteiger partial charge in [-0.05, 0) is 12.8 Å². The van der Waals surface area contributed by atoms with E-state index >= 15 is 0 Å². The Morgan fingerprint density at radius 3 is 2.35 bits per heavy atom. The number of aromatic nitrogens is 1. The van der Waals surface area contributed by atoms with Gasteiger partial charge in [-0.3, -0.25) is 4.18 Å². The minimum atomic E-state index is -3.49. The molecule has 0 saturated heterocycles. The zero-order chi connectivity index (χ0) is 13.2. The van der Waals surface area contributed by atoms with E-state index in [-0.39, 0.29) is 5.92 Å². The summed E-state index contributed by atoms with van der Waals surface area (Å²) in [5, 5.41) is 3.94. The SMILES string of the molecule is CC(OS(C)(=O)=O)c1cc([C@@H](C)C(C)C)no1. The molecule has 0 aromatic carbocycles. The molecule has 0 aliphatic rings. The van der Waals surface area contributed by atoms with Crippen LogP contribution >= 0.6 is 0 Å². The molecule has 17 heavy (non-hydrogen) atoms. The van der Waals surface area contributed by atoms with Crippen LogP contribution in [0.3, 0.4) is 0 Å². The zero-order valence-electron chi connectivity index (χ0n) is 10.8. The number of hydrogen-bond acceptors (Lipinski definition) is 5. The fourth-order valence-electron chi connectivity index (χ4n) is 1.36. The third kappa shape index (κ3) is 4.12. The molecule has 6 heteroatoms. The lowest BCUT2D eigenvalue weighted by molar-refractivity contribution is 0.190. The van der Waals surface area contributed by atoms with Gasteiger partial charge in [0.05, 0.1) is 11.9 Å². The largest absolute Gasteiger partial charge is 0.358 e. The first-order chi connectivity index (χ1) is 7.70. The normalized spacial score (nSPS) is 16.1. The monoisotopic (exact) mass is 261 g/mol. The van der Waals surface area contributed by atoms with E-state index in [9.17, 15) is 8.42 Å². The van der Waals surface area contributed by atoms with Crippen molar-refractivity contribution in [1.82, 2.24) is 5.16 Å². The highest BCUT2D eigenvalue weighted by molar-refractivity contribution is 7.86. The summed E-state index contributed by atoms with van der Waals surface area (Å²) in [6, 6.07) is 1.75. The molecule has 98 valence electrons. The standard InChI is InChI=1S/C11H19NO4S/c1-7(2)8(3)10-6-11(15-12-10)9(4)16-17(5,13)14/h6-9H,1-5H3/t8-,9?/m0/s1. The van der Waals surface area contributed by atoms with Crippen LogP contribution in [-0.4, -0.2) is 19.8 Å². The first kappa shape index (κ1) is 14.2. The molecular weight excluding hydrogens is 242 g/mol. The van der Waals surface area contributed by atoms with E-state index in [0.29, 0.717) is 11.7 Å². The third-order valence-electron chi connectivity index (χ3n) is 2.73. The maximum absolute atomic E-state index is 11.0. The summed E-state index contributed by atoms with van der Waals surface area (Å²) in [6.45, 7) is 7.85. The van der Waals surface area contributed by atoms with Gasteiger partial charge in [0.2, 0.25) is 0 Å². The topological polar surface area (TPSA) is 69.4 Å². The van der Waals surface area contributed by atoms with Crippen LogP contribution in [0.2, 0.25) is 0 Å². The summed E-state index contributed by atoms with van der Waals surface area (Å²) in [4.78, 5) is 0. The lowest BCUT2D eigenvalue weighted by Gasteiger charge is -2.10. The second kappa shape index (κ2) is 5.18. The summed E-state index contributed by atoms with van der Waals surface area (Å²) in [6.07, 6.45) is 0.364. The molecule has 1 heterocycles. The Balaban J connectivity index is 2.81. The molecule has 0 amide bonds.